The van der Waals surface area contributed by atoms with Crippen molar-refractivity contribution in [2.24, 2.45) is 0 Å². The second-order valence-corrected chi connectivity index (χ2v) is 7.73. The number of aliphatic hydroxyl groups is 1. The van der Waals surface area contributed by atoms with Crippen LogP contribution in [0.4, 0.5) is 0 Å². The Labute approximate surface area is 218 Å². The number of nitrogens with zero attached hydrogens (tertiary/aromatic N) is 1. The number of ketones is 1. The predicted molar refractivity (Wildman–Crippen MR) is 141 cm³/mol. The summed E-state index contributed by atoms with van der Waals surface area (Å²) >= 11 is 0. The lowest BCUT2D eigenvalue weighted by atomic mass is 10.1. The maximum absolute atomic E-state index is 11.6. The summed E-state index contributed by atoms with van der Waals surface area (Å²) in [6, 6.07) is 13.2. The van der Waals surface area contributed by atoms with Gasteiger partial charge in [-0.2, -0.15) is 0 Å². The van der Waals surface area contributed by atoms with Gasteiger partial charge in [0.15, 0.2) is 17.3 Å². The Hall–Kier alpha value is -2.78. The molecule has 3 aromatic rings. The van der Waals surface area contributed by atoms with Crippen LogP contribution in [0.1, 0.15) is 28.7 Å². The van der Waals surface area contributed by atoms with Crippen molar-refractivity contribution >= 4 is 30.6 Å². The first-order chi connectivity index (χ1) is 15.9. The first-order valence-corrected chi connectivity index (χ1v) is 10.8. The van der Waals surface area contributed by atoms with Crippen molar-refractivity contribution in [2.45, 2.75) is 26.4 Å². The highest BCUT2D eigenvalue weighted by molar-refractivity contribution is 5.93. The molecule has 0 spiro atoms. The molecule has 0 amide bonds. The number of Topliss-reactive ketones (excluding diaryl/α,β-unsaturated/α-hetero) is 1. The number of ether oxygens (including phenoxy) is 3. The molecule has 0 fully saturated rings. The summed E-state index contributed by atoms with van der Waals surface area (Å²) in [7, 11) is 3.23. The number of hydrogen-bond acceptors (Lipinski definition) is 7. The van der Waals surface area contributed by atoms with Gasteiger partial charge in [-0.3, -0.25) is 4.79 Å². The molecule has 0 saturated heterocycles. The summed E-state index contributed by atoms with van der Waals surface area (Å²) in [6.07, 6.45) is 0.161. The van der Waals surface area contributed by atoms with E-state index in [4.69, 9.17) is 14.2 Å². The Morgan fingerprint density at radius 2 is 1.77 bits per heavy atom. The summed E-state index contributed by atoms with van der Waals surface area (Å²) < 4.78 is 16.3. The fourth-order valence-corrected chi connectivity index (χ4v) is 3.44. The molecule has 8 nitrogen and oxygen atoms in total. The third-order valence-electron chi connectivity index (χ3n) is 5.23. The van der Waals surface area contributed by atoms with Crippen molar-refractivity contribution < 1.29 is 24.1 Å². The highest BCUT2D eigenvalue weighted by Crippen LogP contribution is 2.27. The fraction of sp³-hybridized carbons (Fsp3) is 0.360. The highest BCUT2D eigenvalue weighted by Gasteiger charge is 2.12. The number of aryl methyl sites for hydroxylation is 1. The monoisotopic (exact) mass is 525 g/mol. The summed E-state index contributed by atoms with van der Waals surface area (Å²) in [5.41, 5.74) is 3.18. The number of H-pyrrole nitrogens is 1. The van der Waals surface area contributed by atoms with Gasteiger partial charge in [-0.1, -0.05) is 6.07 Å². The van der Waals surface area contributed by atoms with Crippen molar-refractivity contribution in [1.29, 1.82) is 0 Å². The van der Waals surface area contributed by atoms with Crippen LogP contribution in [-0.4, -0.2) is 60.9 Å². The smallest absolute Gasteiger partial charge is 0.177 e. The molecular formula is C25H33Cl2N3O5. The van der Waals surface area contributed by atoms with Gasteiger partial charge < -0.3 is 29.6 Å². The van der Waals surface area contributed by atoms with Crippen LogP contribution in [0.5, 0.6) is 17.2 Å². The average molecular weight is 526 g/mol. The van der Waals surface area contributed by atoms with E-state index in [0.717, 1.165) is 17.5 Å². The van der Waals surface area contributed by atoms with E-state index in [2.05, 4.69) is 15.3 Å². The van der Waals surface area contributed by atoms with Gasteiger partial charge in [0.05, 0.1) is 19.9 Å². The molecule has 2 aromatic carbocycles. The quantitative estimate of drug-likeness (QED) is 0.242. The van der Waals surface area contributed by atoms with Gasteiger partial charge in [0.25, 0.3) is 0 Å². The number of rotatable bonds is 12. The van der Waals surface area contributed by atoms with Gasteiger partial charge in [0, 0.05) is 19.0 Å². The van der Waals surface area contributed by atoms with E-state index in [9.17, 15) is 9.90 Å². The lowest BCUT2D eigenvalue weighted by Gasteiger charge is -2.14. The molecule has 3 rings (SSSR count). The lowest BCUT2D eigenvalue weighted by molar-refractivity contribution is 0.101. The Bertz CT molecular complexity index is 1070. The number of methoxy groups -OCH3 is 2. The predicted octanol–water partition coefficient (Wildman–Crippen LogP) is 4.02. The third-order valence-corrected chi connectivity index (χ3v) is 5.23. The Kier molecular flexibility index (Phi) is 12.6. The number of aromatic amines is 1. The van der Waals surface area contributed by atoms with E-state index in [0.29, 0.717) is 47.6 Å². The Morgan fingerprint density at radius 3 is 2.37 bits per heavy atom. The molecule has 0 radical (unpaired) electrons. The molecule has 1 atom stereocenters. The van der Waals surface area contributed by atoms with Crippen LogP contribution in [0.25, 0.3) is 11.4 Å². The Balaban J connectivity index is 0.00000306. The van der Waals surface area contributed by atoms with Crippen LogP contribution >= 0.6 is 24.8 Å². The summed E-state index contributed by atoms with van der Waals surface area (Å²) in [5, 5.41) is 13.4. The molecule has 1 heterocycles. The number of hydrogen-bond donors (Lipinski definition) is 3. The van der Waals surface area contributed by atoms with Gasteiger partial charge in [0.2, 0.25) is 0 Å². The van der Waals surface area contributed by atoms with Crippen LogP contribution in [0.15, 0.2) is 42.5 Å². The molecule has 35 heavy (non-hydrogen) atoms. The van der Waals surface area contributed by atoms with Crippen LogP contribution < -0.4 is 19.5 Å². The zero-order valence-electron chi connectivity index (χ0n) is 20.3. The minimum atomic E-state index is -0.638. The van der Waals surface area contributed by atoms with Gasteiger partial charge >= 0.3 is 0 Å². The summed E-state index contributed by atoms with van der Waals surface area (Å²) in [4.78, 5) is 19.1. The van der Waals surface area contributed by atoms with E-state index in [1.54, 1.807) is 21.1 Å². The standard InChI is InChI=1S/C25H31N3O5.2ClH/c1-16-24(17(2)29)28-25(27-16)19-6-8-21(9-7-19)33-15-20(30)14-26-12-11-18-5-10-22(31-3)23(13-18)32-4;;/h5-10,13,20,26,30H,11-12,14-15H2,1-4H3,(H,27,28);2*1H/t20-;;/m0../s1. The number of aromatic nitrogens is 2. The number of halogens is 2. The molecule has 0 aliphatic rings. The first kappa shape index (κ1) is 30.3. The van der Waals surface area contributed by atoms with Crippen LogP contribution in [0.2, 0.25) is 0 Å². The maximum Gasteiger partial charge on any atom is 0.177 e. The van der Waals surface area contributed by atoms with Gasteiger partial charge in [-0.25, -0.2) is 4.98 Å². The van der Waals surface area contributed by atoms with Crippen molar-refractivity contribution in [2.75, 3.05) is 33.9 Å². The molecule has 0 unspecified atom stereocenters. The van der Waals surface area contributed by atoms with Crippen LogP contribution in [-0.2, 0) is 6.42 Å². The van der Waals surface area contributed by atoms with E-state index in [1.165, 1.54) is 6.92 Å². The molecule has 10 heteroatoms. The van der Waals surface area contributed by atoms with E-state index in [1.807, 2.05) is 42.5 Å². The van der Waals surface area contributed by atoms with Crippen molar-refractivity contribution in [1.82, 2.24) is 15.3 Å². The maximum atomic E-state index is 11.6. The summed E-state index contributed by atoms with van der Waals surface area (Å²) in [6.45, 7) is 4.63. The number of benzene rings is 2. The fourth-order valence-electron chi connectivity index (χ4n) is 3.44. The normalized spacial score (nSPS) is 11.1. The molecule has 192 valence electrons. The van der Waals surface area contributed by atoms with Gasteiger partial charge in [-0.15, -0.1) is 24.8 Å². The third kappa shape index (κ3) is 8.43. The zero-order chi connectivity index (χ0) is 23.8. The number of nitrogens with one attached hydrogen (secondary N) is 2. The van der Waals surface area contributed by atoms with Gasteiger partial charge in [-0.05, 0) is 61.9 Å². The zero-order valence-corrected chi connectivity index (χ0v) is 21.9. The molecule has 0 saturated carbocycles. The average Bonchev–Trinajstić information content (AvgIpc) is 3.22. The lowest BCUT2D eigenvalue weighted by Crippen LogP contribution is -2.32. The minimum Gasteiger partial charge on any atom is -0.493 e. The highest BCUT2D eigenvalue weighted by atomic mass is 35.5. The number of aliphatic hydroxyl groups excluding tert-OH is 1. The molecule has 0 aliphatic heterocycles. The topological polar surface area (TPSA) is 106 Å². The Morgan fingerprint density at radius 1 is 1.09 bits per heavy atom. The number of imidazole rings is 1. The van der Waals surface area contributed by atoms with Crippen molar-refractivity contribution in [3.8, 4) is 28.6 Å². The molecule has 1 aromatic heterocycles. The van der Waals surface area contributed by atoms with Crippen LogP contribution in [0.3, 0.4) is 0 Å². The molecular weight excluding hydrogens is 493 g/mol. The minimum absolute atomic E-state index is 0. The van der Waals surface area contributed by atoms with Crippen LogP contribution in [0, 0.1) is 6.92 Å². The molecule has 3 N–H and O–H groups in total. The number of carbonyl (C=O) groups excluding carboxylic acids is 1. The largest absolute Gasteiger partial charge is 0.493 e. The van der Waals surface area contributed by atoms with Gasteiger partial charge in [0.1, 0.15) is 30.0 Å². The first-order valence-electron chi connectivity index (χ1n) is 10.8. The summed E-state index contributed by atoms with van der Waals surface area (Å²) in [5.74, 6) is 2.66. The SMILES string of the molecule is COc1ccc(CCNC[C@H](O)COc2ccc(-c3nc(C)c(C(C)=O)[nH]3)cc2)cc1OC.Cl.Cl. The van der Waals surface area contributed by atoms with Crippen molar-refractivity contribution in [3.63, 3.8) is 0 Å². The number of carbonyl (C=O) groups is 1. The van der Waals surface area contributed by atoms with Crippen molar-refractivity contribution in [3.05, 3.63) is 59.4 Å². The molecule has 0 aliphatic carbocycles. The van der Waals surface area contributed by atoms with E-state index < -0.39 is 6.10 Å². The molecule has 0 bridgehead atoms. The van der Waals surface area contributed by atoms with E-state index >= 15 is 0 Å². The second kappa shape index (κ2) is 14.6. The second-order valence-electron chi connectivity index (χ2n) is 7.73. The van der Waals surface area contributed by atoms with E-state index in [-0.39, 0.29) is 37.2 Å².